The van der Waals surface area contributed by atoms with Crippen LogP contribution in [0.1, 0.15) is 30.0 Å². The average molecular weight is 186 g/mol. The molecule has 0 spiro atoms. The van der Waals surface area contributed by atoms with Gasteiger partial charge in [-0.1, -0.05) is 36.4 Å². The van der Waals surface area contributed by atoms with Gasteiger partial charge in [0.1, 0.15) is 6.04 Å². The van der Waals surface area contributed by atoms with Crippen LogP contribution in [0.15, 0.2) is 36.4 Å². The van der Waals surface area contributed by atoms with Crippen LogP contribution in [-0.4, -0.2) is 6.04 Å². The lowest BCUT2D eigenvalue weighted by molar-refractivity contribution is -0.729. The van der Waals surface area contributed by atoms with Crippen molar-refractivity contribution in [2.45, 2.75) is 31.3 Å². The first kappa shape index (κ1) is 8.25. The van der Waals surface area contributed by atoms with E-state index in [1.807, 2.05) is 0 Å². The van der Waals surface area contributed by atoms with E-state index in [1.54, 1.807) is 11.1 Å². The van der Waals surface area contributed by atoms with Crippen LogP contribution in [0.5, 0.6) is 0 Å². The smallest absolute Gasteiger partial charge is 0.115 e. The lowest BCUT2D eigenvalue weighted by atomic mass is 9.89. The predicted molar refractivity (Wildman–Crippen MR) is 57.0 cm³/mol. The van der Waals surface area contributed by atoms with Crippen molar-refractivity contribution < 1.29 is 5.32 Å². The van der Waals surface area contributed by atoms with Crippen LogP contribution in [0, 0.1) is 0 Å². The second kappa shape index (κ2) is 3.25. The van der Waals surface area contributed by atoms with Gasteiger partial charge < -0.3 is 5.32 Å². The van der Waals surface area contributed by atoms with E-state index < -0.39 is 0 Å². The summed E-state index contributed by atoms with van der Waals surface area (Å²) in [5.41, 5.74) is 3.14. The molecule has 1 aromatic rings. The maximum atomic E-state index is 2.56. The fourth-order valence-electron chi connectivity index (χ4n) is 2.75. The van der Waals surface area contributed by atoms with Gasteiger partial charge in [-0.25, -0.2) is 0 Å². The highest BCUT2D eigenvalue weighted by Gasteiger charge is 2.29. The number of hydrogen-bond acceptors (Lipinski definition) is 0. The molecule has 2 aliphatic rings. The first-order chi connectivity index (χ1) is 6.93. The lowest BCUT2D eigenvalue weighted by Gasteiger charge is -2.27. The zero-order chi connectivity index (χ0) is 9.38. The standard InChI is InChI=1S/C13H15N/c1-3-7-12-10(5-1)9-11-6-2-4-8-13(12)14-11/h1-5,7,11,13-14H,6,8-9H2/p+1/t11-,13+/m1/s1. The molecule has 2 heterocycles. The SMILES string of the molecule is C1=CC[C@@H]2[NH2+][C@H](C1)Cc1ccccc12. The third kappa shape index (κ3) is 1.28. The quantitative estimate of drug-likeness (QED) is 0.592. The van der Waals surface area contributed by atoms with Gasteiger partial charge in [-0.15, -0.1) is 0 Å². The van der Waals surface area contributed by atoms with Crippen molar-refractivity contribution in [2.24, 2.45) is 0 Å². The molecule has 0 amide bonds. The molecule has 2 atom stereocenters. The molecule has 1 nitrogen and oxygen atoms in total. The molecule has 0 unspecified atom stereocenters. The van der Waals surface area contributed by atoms with E-state index in [9.17, 15) is 0 Å². The molecular weight excluding hydrogens is 170 g/mol. The normalized spacial score (nSPS) is 29.4. The van der Waals surface area contributed by atoms with Gasteiger partial charge in [0.05, 0.1) is 6.04 Å². The molecule has 0 radical (unpaired) electrons. The molecule has 3 rings (SSSR count). The highest BCUT2D eigenvalue weighted by atomic mass is 15.0. The van der Waals surface area contributed by atoms with Crippen LogP contribution >= 0.6 is 0 Å². The molecule has 1 heteroatoms. The summed E-state index contributed by atoms with van der Waals surface area (Å²) in [6.07, 6.45) is 8.39. The first-order valence-electron chi connectivity index (χ1n) is 5.51. The van der Waals surface area contributed by atoms with Gasteiger partial charge in [0, 0.05) is 24.8 Å². The Kier molecular flexibility index (Phi) is 1.91. The Labute approximate surface area is 84.8 Å². The summed E-state index contributed by atoms with van der Waals surface area (Å²) < 4.78 is 0. The molecule has 0 fully saturated rings. The van der Waals surface area contributed by atoms with Crippen molar-refractivity contribution in [3.8, 4) is 0 Å². The maximum Gasteiger partial charge on any atom is 0.115 e. The molecule has 14 heavy (non-hydrogen) atoms. The molecule has 2 N–H and O–H groups in total. The van der Waals surface area contributed by atoms with Gasteiger partial charge in [0.15, 0.2) is 0 Å². The second-order valence-corrected chi connectivity index (χ2v) is 4.40. The van der Waals surface area contributed by atoms with Crippen molar-refractivity contribution >= 4 is 0 Å². The summed E-state index contributed by atoms with van der Waals surface area (Å²) in [6, 6.07) is 10.4. The number of benzene rings is 1. The number of hydrogen-bond donors (Lipinski definition) is 1. The van der Waals surface area contributed by atoms with Gasteiger partial charge in [-0.3, -0.25) is 0 Å². The maximum absolute atomic E-state index is 2.56. The van der Waals surface area contributed by atoms with Crippen LogP contribution in [0.2, 0.25) is 0 Å². The van der Waals surface area contributed by atoms with Crippen LogP contribution in [0.4, 0.5) is 0 Å². The number of nitrogens with two attached hydrogens (primary N) is 1. The number of fused-ring (bicyclic) bond motifs is 4. The van der Waals surface area contributed by atoms with Gasteiger partial charge in [0.25, 0.3) is 0 Å². The zero-order valence-corrected chi connectivity index (χ0v) is 8.32. The highest BCUT2D eigenvalue weighted by Crippen LogP contribution is 2.25. The first-order valence-corrected chi connectivity index (χ1v) is 5.51. The van der Waals surface area contributed by atoms with Crippen molar-refractivity contribution in [3.63, 3.8) is 0 Å². The Balaban J connectivity index is 2.05. The minimum atomic E-state index is 0.684. The molecule has 2 bridgehead atoms. The summed E-state index contributed by atoms with van der Waals surface area (Å²) in [7, 11) is 0. The minimum absolute atomic E-state index is 0.684. The van der Waals surface area contributed by atoms with Gasteiger partial charge in [-0.05, 0) is 5.56 Å². The molecule has 0 aliphatic carbocycles. The highest BCUT2D eigenvalue weighted by molar-refractivity contribution is 5.31. The van der Waals surface area contributed by atoms with Crippen molar-refractivity contribution in [2.75, 3.05) is 0 Å². The molecule has 72 valence electrons. The van der Waals surface area contributed by atoms with Gasteiger partial charge in [0.2, 0.25) is 0 Å². The van der Waals surface area contributed by atoms with Crippen molar-refractivity contribution in [1.29, 1.82) is 0 Å². The summed E-state index contributed by atoms with van der Waals surface area (Å²) in [5.74, 6) is 0. The van der Waals surface area contributed by atoms with Gasteiger partial charge >= 0.3 is 0 Å². The average Bonchev–Trinajstić information content (AvgIpc) is 2.41. The number of quaternary nitrogens is 1. The monoisotopic (exact) mass is 186 g/mol. The molecule has 1 aromatic carbocycles. The third-order valence-electron chi connectivity index (χ3n) is 3.44. The van der Waals surface area contributed by atoms with E-state index >= 15 is 0 Å². The number of rotatable bonds is 0. The minimum Gasteiger partial charge on any atom is -0.337 e. The van der Waals surface area contributed by atoms with E-state index in [-0.39, 0.29) is 0 Å². The van der Waals surface area contributed by atoms with E-state index in [4.69, 9.17) is 0 Å². The Morgan fingerprint density at radius 3 is 2.93 bits per heavy atom. The van der Waals surface area contributed by atoms with Crippen molar-refractivity contribution in [3.05, 3.63) is 47.5 Å². The Morgan fingerprint density at radius 2 is 1.93 bits per heavy atom. The van der Waals surface area contributed by atoms with E-state index in [0.717, 1.165) is 6.04 Å². The third-order valence-corrected chi connectivity index (χ3v) is 3.44. The van der Waals surface area contributed by atoms with Crippen LogP contribution in [0.25, 0.3) is 0 Å². The molecule has 2 aliphatic heterocycles. The summed E-state index contributed by atoms with van der Waals surface area (Å²) >= 11 is 0. The second-order valence-electron chi connectivity index (χ2n) is 4.40. The van der Waals surface area contributed by atoms with E-state index in [2.05, 4.69) is 41.7 Å². The molecule has 0 saturated carbocycles. The molecular formula is C13H16N+. The summed E-state index contributed by atoms with van der Waals surface area (Å²) in [5, 5.41) is 2.56. The van der Waals surface area contributed by atoms with Crippen LogP contribution in [0.3, 0.4) is 0 Å². The Hall–Kier alpha value is -1.08. The summed E-state index contributed by atoms with van der Waals surface area (Å²) in [6.45, 7) is 0. The van der Waals surface area contributed by atoms with E-state index in [0.29, 0.717) is 6.04 Å². The van der Waals surface area contributed by atoms with Crippen LogP contribution in [-0.2, 0) is 6.42 Å². The van der Waals surface area contributed by atoms with Gasteiger partial charge in [-0.2, -0.15) is 0 Å². The van der Waals surface area contributed by atoms with Crippen LogP contribution < -0.4 is 5.32 Å². The Bertz CT molecular complexity index is 367. The zero-order valence-electron chi connectivity index (χ0n) is 8.32. The Morgan fingerprint density at radius 1 is 1.07 bits per heavy atom. The largest absolute Gasteiger partial charge is 0.337 e. The fraction of sp³-hybridized carbons (Fsp3) is 0.385. The van der Waals surface area contributed by atoms with Crippen molar-refractivity contribution in [1.82, 2.24) is 0 Å². The molecule has 0 saturated heterocycles. The lowest BCUT2D eigenvalue weighted by Crippen LogP contribution is -2.92. The molecule has 0 aromatic heterocycles. The fourth-order valence-corrected chi connectivity index (χ4v) is 2.75. The summed E-state index contributed by atoms with van der Waals surface area (Å²) in [4.78, 5) is 0. The predicted octanol–water partition coefficient (Wildman–Crippen LogP) is 1.57. The topological polar surface area (TPSA) is 16.6 Å². The van der Waals surface area contributed by atoms with E-state index in [1.165, 1.54) is 19.3 Å².